The number of hydrogen-bond donors (Lipinski definition) is 0. The van der Waals surface area contributed by atoms with Gasteiger partial charge < -0.3 is 0 Å². The summed E-state index contributed by atoms with van der Waals surface area (Å²) >= 11 is 21.3. The number of benzene rings is 1. The molecule has 1 aromatic carbocycles. The molecule has 2 rings (SSSR count). The first-order valence-corrected chi connectivity index (χ1v) is 8.62. The number of aromatic nitrogens is 1. The molecule has 1 unspecified atom stereocenters. The van der Waals surface area contributed by atoms with Gasteiger partial charge in [0.2, 0.25) is 0 Å². The van der Waals surface area contributed by atoms with Crippen LogP contribution in [0.2, 0.25) is 14.5 Å². The molecule has 1 atom stereocenters. The van der Waals surface area contributed by atoms with Crippen LogP contribution in [0.5, 0.6) is 0 Å². The molecule has 0 N–H and O–H groups in total. The molecular weight excluding hydrogens is 341 g/mol. The minimum Gasteiger partial charge on any atom is -0.224 e. The number of thiazole rings is 1. The van der Waals surface area contributed by atoms with Gasteiger partial charge in [0, 0.05) is 10.8 Å². The molecule has 0 saturated heterocycles. The van der Waals surface area contributed by atoms with Crippen LogP contribution in [0.1, 0.15) is 20.3 Å². The predicted octanol–water partition coefficient (Wildman–Crippen LogP) is 6.66. The van der Waals surface area contributed by atoms with Crippen LogP contribution in [-0.4, -0.2) is 10.2 Å². The van der Waals surface area contributed by atoms with Gasteiger partial charge in [-0.15, -0.1) is 11.8 Å². The Balaban J connectivity index is 2.40. The summed E-state index contributed by atoms with van der Waals surface area (Å²) in [4.78, 5) is 4.40. The lowest BCUT2D eigenvalue weighted by Gasteiger charge is -2.08. The van der Waals surface area contributed by atoms with E-state index in [4.69, 9.17) is 34.8 Å². The average molecular weight is 353 g/mol. The number of thioether (sulfide) groups is 1. The minimum atomic E-state index is 0.526. The van der Waals surface area contributed by atoms with Crippen LogP contribution in [-0.2, 0) is 0 Å². The smallest absolute Gasteiger partial charge is 0.185 e. The van der Waals surface area contributed by atoms with Gasteiger partial charge in [-0.1, -0.05) is 66.1 Å². The zero-order chi connectivity index (χ0) is 14.0. The Labute approximate surface area is 136 Å². The van der Waals surface area contributed by atoms with Crippen LogP contribution in [0.25, 0.3) is 11.3 Å². The SMILES string of the molecule is CCC(C)Sc1sc(Cl)nc1-c1ccc(Cl)c(Cl)c1. The molecule has 0 aliphatic rings. The Morgan fingerprint density at radius 2 is 2.00 bits per heavy atom. The van der Waals surface area contributed by atoms with Gasteiger partial charge >= 0.3 is 0 Å². The first-order chi connectivity index (χ1) is 9.01. The van der Waals surface area contributed by atoms with E-state index in [0.717, 1.165) is 21.9 Å². The van der Waals surface area contributed by atoms with E-state index >= 15 is 0 Å². The van der Waals surface area contributed by atoms with Crippen molar-refractivity contribution in [3.8, 4) is 11.3 Å². The van der Waals surface area contributed by atoms with Gasteiger partial charge in [0.1, 0.15) is 0 Å². The molecule has 1 nitrogen and oxygen atoms in total. The normalized spacial score (nSPS) is 12.7. The van der Waals surface area contributed by atoms with Gasteiger partial charge in [-0.2, -0.15) is 0 Å². The third-order valence-electron chi connectivity index (χ3n) is 2.65. The fourth-order valence-electron chi connectivity index (χ4n) is 1.45. The van der Waals surface area contributed by atoms with Crippen LogP contribution in [0, 0.1) is 0 Å². The van der Waals surface area contributed by atoms with Gasteiger partial charge in [0.25, 0.3) is 0 Å². The lowest BCUT2D eigenvalue weighted by atomic mass is 10.2. The topological polar surface area (TPSA) is 12.9 Å². The standard InChI is InChI=1S/C13H12Cl3NS2/c1-3-7(2)18-12-11(17-13(16)19-12)8-4-5-9(14)10(15)6-8/h4-7H,3H2,1-2H3. The number of rotatable bonds is 4. The van der Waals surface area contributed by atoms with Crippen molar-refractivity contribution in [2.24, 2.45) is 0 Å². The summed E-state index contributed by atoms with van der Waals surface area (Å²) in [5.74, 6) is 0. The zero-order valence-corrected chi connectivity index (χ0v) is 14.3. The first-order valence-electron chi connectivity index (χ1n) is 5.79. The van der Waals surface area contributed by atoms with E-state index < -0.39 is 0 Å². The molecule has 19 heavy (non-hydrogen) atoms. The molecule has 0 aliphatic carbocycles. The Kier molecular flexibility index (Phi) is 5.44. The zero-order valence-electron chi connectivity index (χ0n) is 10.4. The maximum absolute atomic E-state index is 6.06. The van der Waals surface area contributed by atoms with Gasteiger partial charge in [-0.05, 0) is 18.6 Å². The highest BCUT2D eigenvalue weighted by molar-refractivity contribution is 8.01. The molecule has 0 radical (unpaired) electrons. The molecule has 1 heterocycles. The van der Waals surface area contributed by atoms with Crippen LogP contribution >= 0.6 is 57.9 Å². The second-order valence-electron chi connectivity index (χ2n) is 4.07. The van der Waals surface area contributed by atoms with Crippen molar-refractivity contribution in [2.75, 3.05) is 0 Å². The van der Waals surface area contributed by atoms with E-state index in [9.17, 15) is 0 Å². The third-order valence-corrected chi connectivity index (χ3v) is 6.02. The monoisotopic (exact) mass is 351 g/mol. The Morgan fingerprint density at radius 1 is 1.26 bits per heavy atom. The molecule has 6 heteroatoms. The highest BCUT2D eigenvalue weighted by Crippen LogP contribution is 2.41. The highest BCUT2D eigenvalue weighted by atomic mass is 35.5. The first kappa shape index (κ1) is 15.5. The summed E-state index contributed by atoms with van der Waals surface area (Å²) in [5.41, 5.74) is 1.84. The van der Waals surface area contributed by atoms with Crippen molar-refractivity contribution >= 4 is 57.9 Å². The maximum atomic E-state index is 6.06. The van der Waals surface area contributed by atoms with Crippen molar-refractivity contribution in [3.05, 3.63) is 32.7 Å². The van der Waals surface area contributed by atoms with E-state index in [1.54, 1.807) is 17.8 Å². The summed E-state index contributed by atoms with van der Waals surface area (Å²) in [5, 5.41) is 1.60. The molecular formula is C13H12Cl3NS2. The quantitative estimate of drug-likeness (QED) is 0.570. The van der Waals surface area contributed by atoms with E-state index in [2.05, 4.69) is 18.8 Å². The summed E-state index contributed by atoms with van der Waals surface area (Å²) in [7, 11) is 0. The van der Waals surface area contributed by atoms with E-state index in [-0.39, 0.29) is 0 Å². The van der Waals surface area contributed by atoms with Crippen molar-refractivity contribution in [3.63, 3.8) is 0 Å². The Morgan fingerprint density at radius 3 is 2.63 bits per heavy atom. The van der Waals surface area contributed by atoms with Crippen molar-refractivity contribution in [1.82, 2.24) is 4.98 Å². The van der Waals surface area contributed by atoms with Crippen LogP contribution in [0.3, 0.4) is 0 Å². The summed E-state index contributed by atoms with van der Waals surface area (Å²) < 4.78 is 1.67. The molecule has 0 aliphatic heterocycles. The van der Waals surface area contributed by atoms with Crippen molar-refractivity contribution in [1.29, 1.82) is 0 Å². The van der Waals surface area contributed by atoms with Crippen molar-refractivity contribution in [2.45, 2.75) is 29.7 Å². The molecule has 0 fully saturated rings. The van der Waals surface area contributed by atoms with Crippen LogP contribution in [0.4, 0.5) is 0 Å². The predicted molar refractivity (Wildman–Crippen MR) is 88.2 cm³/mol. The molecule has 1 aromatic heterocycles. The van der Waals surface area contributed by atoms with Gasteiger partial charge in [-0.25, -0.2) is 4.98 Å². The summed E-state index contributed by atoms with van der Waals surface area (Å²) in [6.45, 7) is 4.36. The third kappa shape index (κ3) is 3.79. The Hall–Kier alpha value is 0.0700. The fourth-order valence-corrected chi connectivity index (χ4v) is 4.48. The van der Waals surface area contributed by atoms with Crippen LogP contribution < -0.4 is 0 Å². The fraction of sp³-hybridized carbons (Fsp3) is 0.308. The molecule has 102 valence electrons. The highest BCUT2D eigenvalue weighted by Gasteiger charge is 2.15. The minimum absolute atomic E-state index is 0.526. The largest absolute Gasteiger partial charge is 0.224 e. The summed E-state index contributed by atoms with van der Waals surface area (Å²) in [6, 6.07) is 5.53. The molecule has 0 amide bonds. The van der Waals surface area contributed by atoms with Gasteiger partial charge in [0.15, 0.2) is 4.47 Å². The lowest BCUT2D eigenvalue weighted by Crippen LogP contribution is -1.91. The average Bonchev–Trinajstić information content (AvgIpc) is 2.73. The van der Waals surface area contributed by atoms with Crippen molar-refractivity contribution < 1.29 is 0 Å². The molecule has 0 saturated carbocycles. The number of hydrogen-bond acceptors (Lipinski definition) is 3. The maximum Gasteiger partial charge on any atom is 0.185 e. The molecule has 2 aromatic rings. The molecule has 0 bridgehead atoms. The lowest BCUT2D eigenvalue weighted by molar-refractivity contribution is 0.907. The second-order valence-corrected chi connectivity index (χ2v) is 8.17. The Bertz CT molecular complexity index is 583. The second kappa shape index (κ2) is 6.68. The van der Waals surface area contributed by atoms with E-state index in [0.29, 0.717) is 19.8 Å². The van der Waals surface area contributed by atoms with E-state index in [1.807, 2.05) is 12.1 Å². The van der Waals surface area contributed by atoms with E-state index in [1.165, 1.54) is 11.3 Å². The number of halogens is 3. The number of nitrogens with zero attached hydrogens (tertiary/aromatic N) is 1. The molecule has 0 spiro atoms. The van der Waals surface area contributed by atoms with Crippen LogP contribution in [0.15, 0.2) is 22.4 Å². The summed E-state index contributed by atoms with van der Waals surface area (Å²) in [6.07, 6.45) is 1.10. The van der Waals surface area contributed by atoms with Gasteiger partial charge in [-0.3, -0.25) is 0 Å². The van der Waals surface area contributed by atoms with Gasteiger partial charge in [0.05, 0.1) is 19.9 Å².